The fourth-order valence-electron chi connectivity index (χ4n) is 1.92. The van der Waals surface area contributed by atoms with E-state index in [2.05, 4.69) is 0 Å². The summed E-state index contributed by atoms with van der Waals surface area (Å²) in [4.78, 5) is 0. The summed E-state index contributed by atoms with van der Waals surface area (Å²) < 4.78 is 71.2. The number of aromatic nitrogens is 1. The molecule has 0 fully saturated rings. The van der Waals surface area contributed by atoms with Gasteiger partial charge >= 0.3 is 0 Å². The van der Waals surface area contributed by atoms with Crippen molar-refractivity contribution < 1.29 is 16.9 Å². The summed E-state index contributed by atoms with van der Waals surface area (Å²) in [6, 6.07) is 7.99. The van der Waals surface area contributed by atoms with Gasteiger partial charge in [0.1, 0.15) is 7.05 Å². The summed E-state index contributed by atoms with van der Waals surface area (Å²) in [6.45, 7) is -6.30. The first-order chi connectivity index (χ1) is 11.7. The summed E-state index contributed by atoms with van der Waals surface area (Å²) in [5.74, 6) is 0. The lowest BCUT2D eigenvalue weighted by atomic mass is 9.99. The van der Waals surface area contributed by atoms with Gasteiger partial charge in [0.25, 0.3) is 0 Å². The van der Waals surface area contributed by atoms with E-state index in [0.29, 0.717) is 5.56 Å². The molecule has 0 spiro atoms. The van der Waals surface area contributed by atoms with Crippen molar-refractivity contribution in [1.82, 2.24) is 0 Å². The maximum Gasteiger partial charge on any atom is 0.215 e. The Morgan fingerprint density at radius 3 is 2.41 bits per heavy atom. The van der Waals surface area contributed by atoms with Crippen molar-refractivity contribution in [3.63, 3.8) is 0 Å². The van der Waals surface area contributed by atoms with Crippen molar-refractivity contribution in [2.45, 2.75) is 27.5 Å². The van der Waals surface area contributed by atoms with E-state index in [1.807, 2.05) is 0 Å². The van der Waals surface area contributed by atoms with Crippen LogP contribution in [0.4, 0.5) is 0 Å². The number of benzene rings is 1. The van der Waals surface area contributed by atoms with E-state index in [1.165, 1.54) is 11.6 Å². The van der Waals surface area contributed by atoms with Gasteiger partial charge in [0.15, 0.2) is 5.69 Å². The first-order valence-electron chi connectivity index (χ1n) is 9.80. The number of rotatable bonds is 1. The molecule has 0 saturated heterocycles. The third kappa shape index (κ3) is 1.97. The standard InChI is InChI=1S/C16H20N/c1-11-8-6-7-9-15(11)16-13(3)10-12(2)14(4)17(16)5/h6-10H,1-5H3/q+1/i2D3,3D3,4D3. The molecule has 1 heterocycles. The zero-order valence-corrected chi connectivity index (χ0v) is 9.83. The van der Waals surface area contributed by atoms with E-state index >= 15 is 0 Å². The minimum atomic E-state index is -2.76. The van der Waals surface area contributed by atoms with Gasteiger partial charge in [-0.05, 0) is 38.3 Å². The number of hydrogen-bond donors (Lipinski definition) is 0. The van der Waals surface area contributed by atoms with Crippen molar-refractivity contribution in [1.29, 1.82) is 0 Å². The van der Waals surface area contributed by atoms with Crippen LogP contribution >= 0.6 is 0 Å². The van der Waals surface area contributed by atoms with E-state index in [0.717, 1.165) is 11.6 Å². The quantitative estimate of drug-likeness (QED) is 0.667. The van der Waals surface area contributed by atoms with Crippen molar-refractivity contribution in [2.75, 3.05) is 0 Å². The number of aryl methyl sites for hydroxylation is 3. The third-order valence-electron chi connectivity index (χ3n) is 2.87. The second kappa shape index (κ2) is 4.33. The lowest BCUT2D eigenvalue weighted by molar-refractivity contribution is -0.667. The molecule has 1 aromatic heterocycles. The largest absolute Gasteiger partial charge is 0.215 e. The van der Waals surface area contributed by atoms with E-state index in [-0.39, 0.29) is 17.0 Å². The molecule has 2 rings (SSSR count). The molecule has 0 amide bonds. The lowest BCUT2D eigenvalue weighted by Crippen LogP contribution is -2.36. The van der Waals surface area contributed by atoms with Crippen molar-refractivity contribution in [3.8, 4) is 11.3 Å². The van der Waals surface area contributed by atoms with Crippen LogP contribution in [-0.4, -0.2) is 0 Å². The highest BCUT2D eigenvalue weighted by molar-refractivity contribution is 5.64. The summed E-state index contributed by atoms with van der Waals surface area (Å²) >= 11 is 0. The lowest BCUT2D eigenvalue weighted by Gasteiger charge is -2.10. The van der Waals surface area contributed by atoms with Crippen LogP contribution in [0.1, 0.15) is 34.7 Å². The molecule has 88 valence electrons. The van der Waals surface area contributed by atoms with Crippen LogP contribution in [0.3, 0.4) is 0 Å². The molecule has 0 atom stereocenters. The molecule has 0 unspecified atom stereocenters. The van der Waals surface area contributed by atoms with E-state index in [1.54, 1.807) is 31.2 Å². The molecule has 0 aliphatic heterocycles. The molecular formula is C16H20N+. The van der Waals surface area contributed by atoms with Gasteiger partial charge in [-0.2, -0.15) is 4.57 Å². The Kier molecular flexibility index (Phi) is 1.25. The second-order valence-electron chi connectivity index (χ2n) is 4.04. The number of pyridine rings is 1. The minimum absolute atomic E-state index is 0.183. The molecule has 0 saturated carbocycles. The Morgan fingerprint density at radius 1 is 1.00 bits per heavy atom. The van der Waals surface area contributed by atoms with Gasteiger partial charge in [-0.3, -0.25) is 0 Å². The Labute approximate surface area is 116 Å². The van der Waals surface area contributed by atoms with Crippen LogP contribution < -0.4 is 4.57 Å². The first kappa shape index (κ1) is 4.93. The van der Waals surface area contributed by atoms with E-state index in [9.17, 15) is 0 Å². The molecule has 0 radical (unpaired) electrons. The predicted octanol–water partition coefficient (Wildman–Crippen LogP) is 3.41. The maximum atomic E-state index is 7.85. The number of nitrogens with zero attached hydrogens (tertiary/aromatic N) is 1. The van der Waals surface area contributed by atoms with Gasteiger partial charge < -0.3 is 0 Å². The molecule has 1 heteroatoms. The van der Waals surface area contributed by atoms with Gasteiger partial charge in [-0.1, -0.05) is 18.2 Å². The molecule has 0 aliphatic rings. The Bertz CT molecular complexity index is 829. The van der Waals surface area contributed by atoms with Crippen LogP contribution in [0, 0.1) is 27.5 Å². The monoisotopic (exact) mass is 235 g/mol. The molecule has 1 aromatic carbocycles. The number of hydrogen-bond acceptors (Lipinski definition) is 0. The average Bonchev–Trinajstić information content (AvgIpc) is 2.43. The molecule has 0 N–H and O–H groups in total. The minimum Gasteiger partial charge on any atom is -0.198 e. The average molecular weight is 235 g/mol. The normalized spacial score (nSPS) is 20.7. The highest BCUT2D eigenvalue weighted by atomic mass is 14.9. The first-order valence-corrected chi connectivity index (χ1v) is 5.30. The van der Waals surface area contributed by atoms with Crippen LogP contribution in [0.5, 0.6) is 0 Å². The van der Waals surface area contributed by atoms with E-state index < -0.39 is 26.1 Å². The van der Waals surface area contributed by atoms with Crippen molar-refractivity contribution >= 4 is 0 Å². The van der Waals surface area contributed by atoms with Crippen LogP contribution in [0.25, 0.3) is 11.3 Å². The Hall–Kier alpha value is -1.63. The molecule has 0 bridgehead atoms. The maximum absolute atomic E-state index is 7.85. The van der Waals surface area contributed by atoms with E-state index in [4.69, 9.17) is 12.3 Å². The molecule has 0 aliphatic carbocycles. The van der Waals surface area contributed by atoms with Gasteiger partial charge in [0.2, 0.25) is 5.69 Å². The van der Waals surface area contributed by atoms with Crippen LogP contribution in [0.15, 0.2) is 30.3 Å². The summed E-state index contributed by atoms with van der Waals surface area (Å²) in [5, 5.41) is 0. The fourth-order valence-corrected chi connectivity index (χ4v) is 1.92. The van der Waals surface area contributed by atoms with Gasteiger partial charge in [-0.15, -0.1) is 0 Å². The summed E-state index contributed by atoms with van der Waals surface area (Å²) in [5.41, 5.74) is 0.443. The summed E-state index contributed by atoms with van der Waals surface area (Å²) in [7, 11) is 1.40. The second-order valence-corrected chi connectivity index (χ2v) is 4.04. The van der Waals surface area contributed by atoms with Gasteiger partial charge in [0.05, 0.1) is 0 Å². The molecule has 2 aromatic rings. The topological polar surface area (TPSA) is 3.88 Å². The van der Waals surface area contributed by atoms with Gasteiger partial charge in [0, 0.05) is 35.9 Å². The Balaban J connectivity index is 3.07. The zero-order valence-electron chi connectivity index (χ0n) is 18.8. The van der Waals surface area contributed by atoms with Gasteiger partial charge in [-0.25, -0.2) is 0 Å². The van der Waals surface area contributed by atoms with Crippen molar-refractivity contribution in [3.05, 3.63) is 52.7 Å². The highest BCUT2D eigenvalue weighted by Crippen LogP contribution is 2.24. The molecule has 17 heavy (non-hydrogen) atoms. The molecular weight excluding hydrogens is 206 g/mol. The van der Waals surface area contributed by atoms with Crippen LogP contribution in [-0.2, 0) is 7.05 Å². The third-order valence-corrected chi connectivity index (χ3v) is 2.87. The SMILES string of the molecule is [2H]C([2H])([2H])c1cc(C([2H])([2H])[2H])c(C([2H])([2H])[2H])[n+](C)c1-c1ccccc1C. The predicted molar refractivity (Wildman–Crippen MR) is 72.0 cm³/mol. The summed E-state index contributed by atoms with van der Waals surface area (Å²) in [6.07, 6.45) is 0. The van der Waals surface area contributed by atoms with Crippen molar-refractivity contribution in [2.24, 2.45) is 7.05 Å². The Morgan fingerprint density at radius 2 is 1.76 bits per heavy atom. The zero-order chi connectivity index (χ0) is 20.1. The van der Waals surface area contributed by atoms with Crippen LogP contribution in [0.2, 0.25) is 0 Å². The fraction of sp³-hybridized carbons (Fsp3) is 0.312. The molecule has 1 nitrogen and oxygen atoms in total. The smallest absolute Gasteiger partial charge is 0.198 e. The highest BCUT2D eigenvalue weighted by Gasteiger charge is 2.18.